The summed E-state index contributed by atoms with van der Waals surface area (Å²) in [4.78, 5) is 20.4. The lowest BCUT2D eigenvalue weighted by molar-refractivity contribution is 0.0124. The summed E-state index contributed by atoms with van der Waals surface area (Å²) in [6.07, 6.45) is 8.01. The molecule has 6 nitrogen and oxygen atoms in total. The van der Waals surface area contributed by atoms with Gasteiger partial charge in [-0.15, -0.1) is 0 Å². The number of ether oxygens (including phenoxy) is 2. The van der Waals surface area contributed by atoms with Gasteiger partial charge in [0.15, 0.2) is 6.10 Å². The van der Waals surface area contributed by atoms with Crippen LogP contribution in [-0.2, 0) is 11.3 Å². The van der Waals surface area contributed by atoms with Gasteiger partial charge in [0.1, 0.15) is 12.4 Å². The molecule has 0 bridgehead atoms. The Kier molecular flexibility index (Phi) is 5.99. The van der Waals surface area contributed by atoms with Crippen LogP contribution >= 0.6 is 22.6 Å². The van der Waals surface area contributed by atoms with Crippen LogP contribution in [0, 0.1) is 3.57 Å². The smallest absolute Gasteiger partial charge is 0.338 e. The van der Waals surface area contributed by atoms with E-state index in [0.717, 1.165) is 3.57 Å². The first kappa shape index (κ1) is 17.4. The van der Waals surface area contributed by atoms with Crippen LogP contribution in [-0.4, -0.2) is 33.2 Å². The zero-order valence-electron chi connectivity index (χ0n) is 13.3. The number of hydrogen-bond acceptors (Lipinski definition) is 5. The van der Waals surface area contributed by atoms with Crippen molar-refractivity contribution in [2.24, 2.45) is 0 Å². The molecule has 1 atom stereocenters. The summed E-state index contributed by atoms with van der Waals surface area (Å²) in [5.74, 6) is 0.250. The van der Waals surface area contributed by atoms with Crippen LogP contribution in [0.15, 0.2) is 67.5 Å². The molecule has 0 amide bonds. The van der Waals surface area contributed by atoms with Crippen LogP contribution < -0.4 is 4.74 Å². The first-order chi connectivity index (χ1) is 12.2. The summed E-state index contributed by atoms with van der Waals surface area (Å²) in [7, 11) is 0. The Bertz CT molecular complexity index is 792. The van der Waals surface area contributed by atoms with Crippen LogP contribution in [0.1, 0.15) is 10.4 Å². The average Bonchev–Trinajstić information content (AvgIpc) is 3.14. The van der Waals surface area contributed by atoms with Gasteiger partial charge >= 0.3 is 5.97 Å². The minimum atomic E-state index is -0.457. The number of hydrogen-bond donors (Lipinski definition) is 0. The van der Waals surface area contributed by atoms with Crippen LogP contribution in [0.3, 0.4) is 0 Å². The van der Waals surface area contributed by atoms with Gasteiger partial charge in [-0.1, -0.05) is 0 Å². The van der Waals surface area contributed by atoms with Crippen LogP contribution in [0.5, 0.6) is 5.75 Å². The maximum absolute atomic E-state index is 12.4. The summed E-state index contributed by atoms with van der Waals surface area (Å²) in [6, 6.07) is 10.8. The number of pyridine rings is 1. The van der Waals surface area contributed by atoms with Crippen molar-refractivity contribution in [3.05, 3.63) is 76.6 Å². The van der Waals surface area contributed by atoms with Gasteiger partial charge in [-0.25, -0.2) is 9.78 Å². The summed E-state index contributed by atoms with van der Waals surface area (Å²) in [6.45, 7) is 0.677. The highest BCUT2D eigenvalue weighted by Gasteiger charge is 2.18. The van der Waals surface area contributed by atoms with Crippen molar-refractivity contribution in [3.63, 3.8) is 0 Å². The molecule has 25 heavy (non-hydrogen) atoms. The molecule has 0 unspecified atom stereocenters. The molecule has 3 aromatic rings. The summed E-state index contributed by atoms with van der Waals surface area (Å²) in [5.41, 5.74) is 0.512. The van der Waals surface area contributed by atoms with E-state index >= 15 is 0 Å². The number of aromatic nitrogens is 3. The number of imidazole rings is 1. The molecule has 0 spiro atoms. The molecule has 2 heterocycles. The molecule has 7 heteroatoms. The van der Waals surface area contributed by atoms with Gasteiger partial charge < -0.3 is 14.0 Å². The molecule has 0 aliphatic rings. The molecule has 128 valence electrons. The lowest BCUT2D eigenvalue weighted by Crippen LogP contribution is -2.29. The molecule has 1 aromatic carbocycles. The molecule has 0 saturated carbocycles. The van der Waals surface area contributed by atoms with Crippen LogP contribution in [0.4, 0.5) is 0 Å². The Morgan fingerprint density at radius 3 is 2.68 bits per heavy atom. The lowest BCUT2D eigenvalue weighted by atomic mass is 10.2. The first-order valence-electron chi connectivity index (χ1n) is 7.66. The Morgan fingerprint density at radius 1 is 1.16 bits per heavy atom. The van der Waals surface area contributed by atoms with Crippen molar-refractivity contribution < 1.29 is 14.3 Å². The average molecular weight is 449 g/mol. The van der Waals surface area contributed by atoms with Gasteiger partial charge in [-0.2, -0.15) is 0 Å². The second-order valence-electron chi connectivity index (χ2n) is 5.29. The largest absolute Gasteiger partial charge is 0.488 e. The van der Waals surface area contributed by atoms with Gasteiger partial charge in [0, 0.05) is 22.2 Å². The molecule has 0 aliphatic carbocycles. The van der Waals surface area contributed by atoms with Crippen molar-refractivity contribution >= 4 is 28.6 Å². The minimum absolute atomic E-state index is 0.222. The van der Waals surface area contributed by atoms with Crippen molar-refractivity contribution in [3.8, 4) is 5.75 Å². The predicted octanol–water partition coefficient (Wildman–Crippen LogP) is 3.19. The van der Waals surface area contributed by atoms with Gasteiger partial charge in [0.2, 0.25) is 0 Å². The van der Waals surface area contributed by atoms with Crippen LogP contribution in [0.25, 0.3) is 0 Å². The molecule has 0 aliphatic heterocycles. The van der Waals surface area contributed by atoms with Gasteiger partial charge in [0.05, 0.1) is 24.6 Å². The van der Waals surface area contributed by atoms with E-state index in [2.05, 4.69) is 32.6 Å². The number of halogens is 1. The fourth-order valence-corrected chi connectivity index (χ4v) is 2.54. The van der Waals surface area contributed by atoms with E-state index < -0.39 is 6.10 Å². The zero-order valence-corrected chi connectivity index (χ0v) is 15.4. The predicted molar refractivity (Wildman–Crippen MR) is 100 cm³/mol. The van der Waals surface area contributed by atoms with Gasteiger partial charge in [-0.3, -0.25) is 4.98 Å². The molecule has 3 rings (SSSR count). The lowest BCUT2D eigenvalue weighted by Gasteiger charge is -2.19. The van der Waals surface area contributed by atoms with E-state index in [1.54, 1.807) is 43.1 Å². The van der Waals surface area contributed by atoms with Crippen molar-refractivity contribution in [2.75, 3.05) is 6.61 Å². The zero-order chi connectivity index (χ0) is 17.5. The Labute approximate surface area is 159 Å². The molecule has 0 fully saturated rings. The van der Waals surface area contributed by atoms with Crippen molar-refractivity contribution in [1.29, 1.82) is 0 Å². The Balaban J connectivity index is 1.66. The van der Waals surface area contributed by atoms with Gasteiger partial charge in [0.25, 0.3) is 0 Å². The molecule has 2 aromatic heterocycles. The quantitative estimate of drug-likeness (QED) is 0.410. The number of carbonyl (C=O) groups is 1. The summed E-state index contributed by atoms with van der Waals surface area (Å²) >= 11 is 2.19. The van der Waals surface area contributed by atoms with Crippen LogP contribution in [0.2, 0.25) is 0 Å². The maximum atomic E-state index is 12.4. The fraction of sp³-hybridized carbons (Fsp3) is 0.167. The number of nitrogens with zero attached hydrogens (tertiary/aromatic N) is 3. The highest BCUT2D eigenvalue weighted by molar-refractivity contribution is 14.1. The van der Waals surface area contributed by atoms with E-state index in [1.165, 1.54) is 0 Å². The third-order valence-electron chi connectivity index (χ3n) is 3.40. The second-order valence-corrected chi connectivity index (χ2v) is 6.54. The third-order valence-corrected chi connectivity index (χ3v) is 4.12. The normalized spacial score (nSPS) is 11.7. The Morgan fingerprint density at radius 2 is 2.00 bits per heavy atom. The van der Waals surface area contributed by atoms with E-state index in [1.807, 2.05) is 29.0 Å². The SMILES string of the molecule is O=C(O[C@@H](COc1cccnc1)Cn1ccnc1)c1ccc(I)cc1. The number of esters is 1. The van der Waals surface area contributed by atoms with Gasteiger partial charge in [-0.05, 0) is 59.0 Å². The standard InChI is InChI=1S/C18H16IN3O3/c19-15-5-3-14(4-6-15)18(23)25-17(11-22-9-8-21-13-22)12-24-16-2-1-7-20-10-16/h1-10,13,17H,11-12H2/t17-/m1/s1. The fourth-order valence-electron chi connectivity index (χ4n) is 2.18. The highest BCUT2D eigenvalue weighted by atomic mass is 127. The van der Waals surface area contributed by atoms with Crippen molar-refractivity contribution in [2.45, 2.75) is 12.6 Å². The first-order valence-corrected chi connectivity index (χ1v) is 8.74. The molecule has 0 N–H and O–H groups in total. The number of benzene rings is 1. The minimum Gasteiger partial charge on any atom is -0.488 e. The molecule has 0 radical (unpaired) electrons. The third kappa shape index (κ3) is 5.28. The number of carbonyl (C=O) groups excluding carboxylic acids is 1. The van der Waals surface area contributed by atoms with E-state index in [4.69, 9.17) is 9.47 Å². The topological polar surface area (TPSA) is 66.2 Å². The summed E-state index contributed by atoms with van der Waals surface area (Å²) < 4.78 is 14.2. The molecule has 0 saturated heterocycles. The van der Waals surface area contributed by atoms with E-state index in [-0.39, 0.29) is 12.6 Å². The maximum Gasteiger partial charge on any atom is 0.338 e. The molecular weight excluding hydrogens is 433 g/mol. The second kappa shape index (κ2) is 8.61. The van der Waals surface area contributed by atoms with E-state index in [9.17, 15) is 4.79 Å². The highest BCUT2D eigenvalue weighted by Crippen LogP contribution is 2.12. The Hall–Kier alpha value is -2.42. The molecular formula is C18H16IN3O3. The summed E-state index contributed by atoms with van der Waals surface area (Å²) in [5, 5.41) is 0. The van der Waals surface area contributed by atoms with Crippen molar-refractivity contribution in [1.82, 2.24) is 14.5 Å². The van der Waals surface area contributed by atoms with E-state index in [0.29, 0.717) is 17.9 Å². The monoisotopic (exact) mass is 449 g/mol. The number of rotatable bonds is 7.